The van der Waals surface area contributed by atoms with E-state index in [0.717, 1.165) is 10.0 Å². The standard InChI is InChI=1S/C17H18BrNO2/c1-11-4-5-13(8-12(11)2)9-17(20)19-15-10-14(18)6-7-16(15)21-3/h4-8,10H,9H2,1-3H3,(H,19,20). The highest BCUT2D eigenvalue weighted by Gasteiger charge is 2.09. The molecule has 0 spiro atoms. The van der Waals surface area contributed by atoms with Gasteiger partial charge in [-0.25, -0.2) is 0 Å². The predicted octanol–water partition coefficient (Wildman–Crippen LogP) is 4.26. The molecule has 1 amide bonds. The van der Waals surface area contributed by atoms with Gasteiger partial charge in [-0.3, -0.25) is 4.79 Å². The van der Waals surface area contributed by atoms with E-state index in [-0.39, 0.29) is 5.91 Å². The SMILES string of the molecule is COc1ccc(Br)cc1NC(=O)Cc1ccc(C)c(C)c1. The van der Waals surface area contributed by atoms with Crippen LogP contribution < -0.4 is 10.1 Å². The van der Waals surface area contributed by atoms with Gasteiger partial charge >= 0.3 is 0 Å². The fraction of sp³-hybridized carbons (Fsp3) is 0.235. The van der Waals surface area contributed by atoms with Crippen LogP contribution in [0.5, 0.6) is 5.75 Å². The maximum Gasteiger partial charge on any atom is 0.228 e. The second kappa shape index (κ2) is 6.76. The Hall–Kier alpha value is -1.81. The third-order valence-corrected chi connectivity index (χ3v) is 3.86. The monoisotopic (exact) mass is 347 g/mol. The summed E-state index contributed by atoms with van der Waals surface area (Å²) < 4.78 is 6.14. The second-order valence-corrected chi connectivity index (χ2v) is 5.90. The van der Waals surface area contributed by atoms with Gasteiger partial charge in [-0.05, 0) is 48.7 Å². The third-order valence-electron chi connectivity index (χ3n) is 3.37. The first-order chi connectivity index (χ1) is 9.99. The van der Waals surface area contributed by atoms with E-state index in [4.69, 9.17) is 4.74 Å². The summed E-state index contributed by atoms with van der Waals surface area (Å²) in [6.45, 7) is 4.11. The minimum atomic E-state index is -0.0605. The normalized spacial score (nSPS) is 10.3. The van der Waals surface area contributed by atoms with Gasteiger partial charge in [0.05, 0.1) is 19.2 Å². The molecule has 0 fully saturated rings. The summed E-state index contributed by atoms with van der Waals surface area (Å²) in [5.74, 6) is 0.585. The molecule has 0 saturated heterocycles. The lowest BCUT2D eigenvalue weighted by atomic mass is 10.0. The Kier molecular flexibility index (Phi) is 5.02. The minimum Gasteiger partial charge on any atom is -0.495 e. The number of hydrogen-bond donors (Lipinski definition) is 1. The van der Waals surface area contributed by atoms with Crippen LogP contribution in [0.2, 0.25) is 0 Å². The van der Waals surface area contributed by atoms with E-state index in [1.54, 1.807) is 7.11 Å². The van der Waals surface area contributed by atoms with Gasteiger partial charge < -0.3 is 10.1 Å². The largest absolute Gasteiger partial charge is 0.495 e. The molecule has 3 nitrogen and oxygen atoms in total. The van der Waals surface area contributed by atoms with Crippen LogP contribution in [0.1, 0.15) is 16.7 Å². The van der Waals surface area contributed by atoms with E-state index in [9.17, 15) is 4.79 Å². The van der Waals surface area contributed by atoms with Crippen molar-refractivity contribution in [2.75, 3.05) is 12.4 Å². The second-order valence-electron chi connectivity index (χ2n) is 4.99. The van der Waals surface area contributed by atoms with Gasteiger partial charge in [0.15, 0.2) is 0 Å². The average molecular weight is 348 g/mol. The number of carbonyl (C=O) groups is 1. The highest BCUT2D eigenvalue weighted by Crippen LogP contribution is 2.28. The fourth-order valence-electron chi connectivity index (χ4n) is 2.07. The van der Waals surface area contributed by atoms with Crippen molar-refractivity contribution in [1.29, 1.82) is 0 Å². The van der Waals surface area contributed by atoms with Crippen LogP contribution in [0, 0.1) is 13.8 Å². The van der Waals surface area contributed by atoms with Crippen molar-refractivity contribution in [3.05, 3.63) is 57.6 Å². The van der Waals surface area contributed by atoms with Gasteiger partial charge in [-0.1, -0.05) is 34.1 Å². The molecule has 0 heterocycles. The molecule has 0 bridgehead atoms. The van der Waals surface area contributed by atoms with Crippen molar-refractivity contribution in [3.8, 4) is 5.75 Å². The topological polar surface area (TPSA) is 38.3 Å². The van der Waals surface area contributed by atoms with Crippen molar-refractivity contribution in [2.45, 2.75) is 20.3 Å². The molecule has 0 radical (unpaired) electrons. The Morgan fingerprint density at radius 2 is 1.90 bits per heavy atom. The van der Waals surface area contributed by atoms with E-state index < -0.39 is 0 Å². The highest BCUT2D eigenvalue weighted by atomic mass is 79.9. The molecule has 1 N–H and O–H groups in total. The smallest absolute Gasteiger partial charge is 0.228 e. The van der Waals surface area contributed by atoms with Gasteiger partial charge in [-0.15, -0.1) is 0 Å². The number of nitrogens with one attached hydrogen (secondary N) is 1. The Bertz CT molecular complexity index is 668. The molecule has 0 unspecified atom stereocenters. The molecule has 4 heteroatoms. The van der Waals surface area contributed by atoms with Gasteiger partial charge in [0.2, 0.25) is 5.91 Å². The Morgan fingerprint density at radius 3 is 2.57 bits per heavy atom. The number of amides is 1. The van der Waals surface area contributed by atoms with Crippen LogP contribution in [0.3, 0.4) is 0 Å². The Labute approximate surface area is 133 Å². The summed E-state index contributed by atoms with van der Waals surface area (Å²) in [4.78, 5) is 12.2. The predicted molar refractivity (Wildman–Crippen MR) is 88.9 cm³/mol. The number of methoxy groups -OCH3 is 1. The van der Waals surface area contributed by atoms with Crippen LogP contribution in [0.25, 0.3) is 0 Å². The molecule has 110 valence electrons. The van der Waals surface area contributed by atoms with Gasteiger partial charge in [0.1, 0.15) is 5.75 Å². The Morgan fingerprint density at radius 1 is 1.14 bits per heavy atom. The number of aryl methyl sites for hydroxylation is 2. The molecule has 0 aliphatic carbocycles. The van der Waals surface area contributed by atoms with E-state index in [1.807, 2.05) is 43.3 Å². The zero-order valence-electron chi connectivity index (χ0n) is 12.4. The molecule has 0 atom stereocenters. The highest BCUT2D eigenvalue weighted by molar-refractivity contribution is 9.10. The summed E-state index contributed by atoms with van der Waals surface area (Å²) in [5, 5.41) is 2.89. The van der Waals surface area contributed by atoms with E-state index in [0.29, 0.717) is 17.9 Å². The molecule has 2 rings (SSSR count). The zero-order valence-corrected chi connectivity index (χ0v) is 14.0. The van der Waals surface area contributed by atoms with Crippen LogP contribution >= 0.6 is 15.9 Å². The van der Waals surface area contributed by atoms with Crippen LogP contribution in [-0.2, 0) is 11.2 Å². The maximum atomic E-state index is 12.2. The molecule has 0 aliphatic rings. The van der Waals surface area contributed by atoms with E-state index in [1.165, 1.54) is 11.1 Å². The summed E-state index contributed by atoms with van der Waals surface area (Å²) in [6.07, 6.45) is 0.344. The minimum absolute atomic E-state index is 0.0605. The van der Waals surface area contributed by atoms with E-state index >= 15 is 0 Å². The number of benzene rings is 2. The maximum absolute atomic E-state index is 12.2. The van der Waals surface area contributed by atoms with Crippen LogP contribution in [-0.4, -0.2) is 13.0 Å². The van der Waals surface area contributed by atoms with Crippen LogP contribution in [0.15, 0.2) is 40.9 Å². The van der Waals surface area contributed by atoms with Crippen molar-refractivity contribution in [3.63, 3.8) is 0 Å². The molecule has 0 aromatic heterocycles. The fourth-order valence-corrected chi connectivity index (χ4v) is 2.43. The molecule has 0 saturated carbocycles. The lowest BCUT2D eigenvalue weighted by Crippen LogP contribution is -2.15. The summed E-state index contributed by atoms with van der Waals surface area (Å²) >= 11 is 3.39. The number of halogens is 1. The Balaban J connectivity index is 2.11. The first-order valence-electron chi connectivity index (χ1n) is 6.69. The number of anilines is 1. The number of hydrogen-bond acceptors (Lipinski definition) is 2. The lowest BCUT2D eigenvalue weighted by molar-refractivity contribution is -0.115. The van der Waals surface area contributed by atoms with Gasteiger partial charge in [0.25, 0.3) is 0 Å². The molecule has 2 aromatic rings. The van der Waals surface area contributed by atoms with E-state index in [2.05, 4.69) is 28.2 Å². The first kappa shape index (κ1) is 15.6. The molecule has 21 heavy (non-hydrogen) atoms. The lowest BCUT2D eigenvalue weighted by Gasteiger charge is -2.11. The van der Waals surface area contributed by atoms with Gasteiger partial charge in [0, 0.05) is 4.47 Å². The molecular weight excluding hydrogens is 330 g/mol. The molecular formula is C17H18BrNO2. The van der Waals surface area contributed by atoms with Gasteiger partial charge in [-0.2, -0.15) is 0 Å². The quantitative estimate of drug-likeness (QED) is 0.897. The van der Waals surface area contributed by atoms with Crippen LogP contribution in [0.4, 0.5) is 5.69 Å². The molecule has 2 aromatic carbocycles. The number of carbonyl (C=O) groups excluding carboxylic acids is 1. The van der Waals surface area contributed by atoms with Crippen molar-refractivity contribution >= 4 is 27.5 Å². The third kappa shape index (κ3) is 4.08. The van der Waals surface area contributed by atoms with Crippen molar-refractivity contribution < 1.29 is 9.53 Å². The summed E-state index contributed by atoms with van der Waals surface area (Å²) in [7, 11) is 1.59. The zero-order chi connectivity index (χ0) is 15.4. The average Bonchev–Trinajstić information content (AvgIpc) is 2.43. The number of ether oxygens (including phenoxy) is 1. The number of rotatable bonds is 4. The molecule has 0 aliphatic heterocycles. The van der Waals surface area contributed by atoms with Crippen molar-refractivity contribution in [1.82, 2.24) is 0 Å². The summed E-state index contributed by atoms with van der Waals surface area (Å²) in [5.41, 5.74) is 4.10. The van der Waals surface area contributed by atoms with Crippen molar-refractivity contribution in [2.24, 2.45) is 0 Å². The summed E-state index contributed by atoms with van der Waals surface area (Å²) in [6, 6.07) is 11.6. The first-order valence-corrected chi connectivity index (χ1v) is 7.48.